The minimum atomic E-state index is -0.782. The summed E-state index contributed by atoms with van der Waals surface area (Å²) < 4.78 is 0. The number of aliphatic imine (C=N–C) groups is 1. The van der Waals surface area contributed by atoms with Gasteiger partial charge in [-0.2, -0.15) is 0 Å². The number of benzodiazepines with no additional fused rings is 1. The van der Waals surface area contributed by atoms with Gasteiger partial charge in [-0.15, -0.1) is 11.3 Å². The average molecular weight is 420 g/mol. The molecule has 2 atom stereocenters. The molecule has 0 radical (unpaired) electrons. The number of carbonyl (C=O) groups is 1. The van der Waals surface area contributed by atoms with E-state index in [4.69, 9.17) is 10.7 Å². The lowest BCUT2D eigenvalue weighted by atomic mass is 9.98. The molecule has 4 rings (SSSR count). The fraction of sp³-hybridized carbons (Fsp3) is 0.182. The van der Waals surface area contributed by atoms with Crippen molar-refractivity contribution in [3.8, 4) is 0 Å². The van der Waals surface area contributed by atoms with E-state index >= 15 is 0 Å². The molecule has 0 spiro atoms. The first-order chi connectivity index (χ1) is 14.5. The number of thiophene rings is 1. The van der Waals surface area contributed by atoms with E-state index in [-0.39, 0.29) is 17.5 Å². The molecule has 30 heavy (non-hydrogen) atoms. The Bertz CT molecular complexity index is 1110. The number of non-ortho nitro benzene ring substituents is 1. The van der Waals surface area contributed by atoms with Gasteiger partial charge >= 0.3 is 0 Å². The minimum absolute atomic E-state index is 0.0109. The molecule has 8 heteroatoms. The summed E-state index contributed by atoms with van der Waals surface area (Å²) in [5.74, 6) is -0.135. The van der Waals surface area contributed by atoms with Crippen molar-refractivity contribution in [2.24, 2.45) is 10.7 Å². The first-order valence-corrected chi connectivity index (χ1v) is 10.3. The number of anilines is 1. The standard InChI is InChI=1S/C22H20N4O3S/c1-25-17-10-9-15(26(28)29)12-16(17)21(14-6-3-2-4-7-14)24-13-18(25)20(23)22(27)19-8-5-11-30-19/h2-12,18,20H,13,23H2,1H3. The van der Waals surface area contributed by atoms with Gasteiger partial charge in [-0.25, -0.2) is 0 Å². The summed E-state index contributed by atoms with van der Waals surface area (Å²) in [7, 11) is 1.85. The number of fused-ring (bicyclic) bond motifs is 1. The number of rotatable bonds is 5. The molecule has 2 N–H and O–H groups in total. The number of nitro benzene ring substituents is 1. The number of nitrogens with two attached hydrogens (primary N) is 1. The lowest BCUT2D eigenvalue weighted by Crippen LogP contribution is -2.52. The third-order valence-corrected chi connectivity index (χ3v) is 6.17. The SMILES string of the molecule is CN1c2ccc([N+](=O)[O-])cc2C(c2ccccc2)=NCC1C(N)C(=O)c1cccs1. The predicted octanol–water partition coefficient (Wildman–Crippen LogP) is 3.52. The minimum Gasteiger partial charge on any atom is -0.367 e. The number of nitrogens with zero attached hydrogens (tertiary/aromatic N) is 3. The lowest BCUT2D eigenvalue weighted by molar-refractivity contribution is -0.384. The Labute approximate surface area is 177 Å². The van der Waals surface area contributed by atoms with Gasteiger partial charge in [0, 0.05) is 36.0 Å². The van der Waals surface area contributed by atoms with Crippen LogP contribution in [-0.4, -0.2) is 42.1 Å². The number of Topliss-reactive ketones (excluding diaryl/α,β-unsaturated/α-hetero) is 1. The van der Waals surface area contributed by atoms with Crippen molar-refractivity contribution in [2.45, 2.75) is 12.1 Å². The highest BCUT2D eigenvalue weighted by atomic mass is 32.1. The summed E-state index contributed by atoms with van der Waals surface area (Å²) in [6.45, 7) is 0.293. The maximum Gasteiger partial charge on any atom is 0.270 e. The zero-order valence-corrected chi connectivity index (χ0v) is 17.1. The highest BCUT2D eigenvalue weighted by molar-refractivity contribution is 7.12. The third kappa shape index (κ3) is 3.62. The largest absolute Gasteiger partial charge is 0.367 e. The number of ketones is 1. The van der Waals surface area contributed by atoms with E-state index < -0.39 is 11.0 Å². The molecule has 0 amide bonds. The van der Waals surface area contributed by atoms with Gasteiger partial charge in [0.2, 0.25) is 0 Å². The van der Waals surface area contributed by atoms with Crippen LogP contribution in [0.5, 0.6) is 0 Å². The summed E-state index contributed by atoms with van der Waals surface area (Å²) in [5.41, 5.74) is 9.29. The molecule has 0 saturated heterocycles. The van der Waals surface area contributed by atoms with E-state index in [1.165, 1.54) is 23.5 Å². The third-order valence-electron chi connectivity index (χ3n) is 5.29. The number of hydrogen-bond donors (Lipinski definition) is 1. The van der Waals surface area contributed by atoms with Crippen molar-refractivity contribution >= 4 is 34.2 Å². The molecule has 0 aliphatic carbocycles. The van der Waals surface area contributed by atoms with Crippen LogP contribution in [0.2, 0.25) is 0 Å². The van der Waals surface area contributed by atoms with Gasteiger partial charge in [0.15, 0.2) is 5.78 Å². The Balaban J connectivity index is 1.81. The van der Waals surface area contributed by atoms with Crippen LogP contribution in [0.1, 0.15) is 20.8 Å². The molecule has 2 heterocycles. The van der Waals surface area contributed by atoms with E-state index in [2.05, 4.69) is 0 Å². The smallest absolute Gasteiger partial charge is 0.270 e. The van der Waals surface area contributed by atoms with E-state index in [9.17, 15) is 14.9 Å². The Kier molecular flexibility index (Phi) is 5.43. The van der Waals surface area contributed by atoms with E-state index in [0.29, 0.717) is 22.7 Å². The number of benzene rings is 2. The fourth-order valence-corrected chi connectivity index (χ4v) is 4.37. The molecule has 1 aliphatic rings. The van der Waals surface area contributed by atoms with Crippen molar-refractivity contribution in [3.63, 3.8) is 0 Å². The summed E-state index contributed by atoms with van der Waals surface area (Å²) in [6.07, 6.45) is 0. The molecule has 1 aliphatic heterocycles. The molecule has 3 aromatic rings. The topological polar surface area (TPSA) is 102 Å². The van der Waals surface area contributed by atoms with E-state index in [1.807, 2.05) is 53.7 Å². The van der Waals surface area contributed by atoms with Crippen molar-refractivity contribution in [1.82, 2.24) is 0 Å². The second-order valence-electron chi connectivity index (χ2n) is 7.06. The first-order valence-electron chi connectivity index (χ1n) is 9.42. The maximum absolute atomic E-state index is 12.9. The molecule has 7 nitrogen and oxygen atoms in total. The van der Waals surface area contributed by atoms with Crippen molar-refractivity contribution in [2.75, 3.05) is 18.5 Å². The molecule has 0 bridgehead atoms. The van der Waals surface area contributed by atoms with Gasteiger partial charge in [0.1, 0.15) is 0 Å². The Morgan fingerprint density at radius 1 is 1.23 bits per heavy atom. The monoisotopic (exact) mass is 420 g/mol. The Hall–Kier alpha value is -3.36. The number of carbonyl (C=O) groups excluding carboxylic acids is 1. The van der Waals surface area contributed by atoms with Gasteiger partial charge in [-0.1, -0.05) is 36.4 Å². The highest BCUT2D eigenvalue weighted by Gasteiger charge is 2.33. The van der Waals surface area contributed by atoms with Crippen LogP contribution in [0.4, 0.5) is 11.4 Å². The molecular formula is C22H20N4O3S. The molecule has 2 unspecified atom stereocenters. The zero-order valence-electron chi connectivity index (χ0n) is 16.3. The summed E-state index contributed by atoms with van der Waals surface area (Å²) in [6, 6.07) is 16.6. The Morgan fingerprint density at radius 2 is 2.00 bits per heavy atom. The van der Waals surface area contributed by atoms with Gasteiger partial charge < -0.3 is 10.6 Å². The summed E-state index contributed by atoms with van der Waals surface area (Å²) >= 11 is 1.36. The van der Waals surface area contributed by atoms with Crippen LogP contribution in [0.3, 0.4) is 0 Å². The summed E-state index contributed by atoms with van der Waals surface area (Å²) in [5, 5.41) is 13.2. The van der Waals surface area contributed by atoms with Crippen LogP contribution in [0.15, 0.2) is 71.0 Å². The number of nitro groups is 1. The van der Waals surface area contributed by atoms with Crippen molar-refractivity contribution < 1.29 is 9.72 Å². The molecule has 0 saturated carbocycles. The molecule has 2 aromatic carbocycles. The fourth-order valence-electron chi connectivity index (χ4n) is 3.66. The van der Waals surface area contributed by atoms with Crippen LogP contribution >= 0.6 is 11.3 Å². The predicted molar refractivity (Wildman–Crippen MR) is 119 cm³/mol. The van der Waals surface area contributed by atoms with Gasteiger partial charge in [0.25, 0.3) is 5.69 Å². The molecule has 152 valence electrons. The number of likely N-dealkylation sites (N-methyl/N-ethyl adjacent to an activating group) is 1. The highest BCUT2D eigenvalue weighted by Crippen LogP contribution is 2.32. The Morgan fingerprint density at radius 3 is 2.67 bits per heavy atom. The van der Waals surface area contributed by atoms with Crippen molar-refractivity contribution in [1.29, 1.82) is 0 Å². The van der Waals surface area contributed by atoms with Gasteiger partial charge in [-0.3, -0.25) is 19.9 Å². The van der Waals surface area contributed by atoms with Crippen LogP contribution in [0, 0.1) is 10.1 Å². The maximum atomic E-state index is 12.9. The zero-order chi connectivity index (χ0) is 21.3. The normalized spacial score (nSPS) is 16.9. The van der Waals surface area contributed by atoms with Crippen LogP contribution < -0.4 is 10.6 Å². The molecule has 1 aromatic heterocycles. The van der Waals surface area contributed by atoms with E-state index in [0.717, 1.165) is 11.3 Å². The van der Waals surface area contributed by atoms with Crippen molar-refractivity contribution in [3.05, 3.63) is 92.2 Å². The van der Waals surface area contributed by atoms with Crippen LogP contribution in [-0.2, 0) is 0 Å². The molecular weight excluding hydrogens is 400 g/mol. The quantitative estimate of drug-likeness (QED) is 0.387. The summed E-state index contributed by atoms with van der Waals surface area (Å²) in [4.78, 5) is 31.1. The number of hydrogen-bond acceptors (Lipinski definition) is 7. The van der Waals surface area contributed by atoms with Gasteiger partial charge in [0.05, 0.1) is 34.1 Å². The first kappa shape index (κ1) is 19.9. The van der Waals surface area contributed by atoms with Crippen LogP contribution in [0.25, 0.3) is 0 Å². The average Bonchev–Trinajstić information content (AvgIpc) is 3.26. The van der Waals surface area contributed by atoms with E-state index in [1.54, 1.807) is 12.1 Å². The molecule has 0 fully saturated rings. The second kappa shape index (κ2) is 8.17. The van der Waals surface area contributed by atoms with Gasteiger partial charge in [-0.05, 0) is 17.5 Å². The second-order valence-corrected chi connectivity index (χ2v) is 8.01. The lowest BCUT2D eigenvalue weighted by Gasteiger charge is -2.32.